The van der Waals surface area contributed by atoms with Gasteiger partial charge in [0.05, 0.1) is 36.4 Å². The number of fused-ring (bicyclic) bond motifs is 2. The number of anilines is 2. The van der Waals surface area contributed by atoms with Crippen molar-refractivity contribution in [2.45, 2.75) is 26.4 Å². The highest BCUT2D eigenvalue weighted by atomic mass is 16.6. The number of carbonyl (C=O) groups excluding carboxylic acids is 1. The number of H-pyrrole nitrogens is 2. The van der Waals surface area contributed by atoms with Crippen molar-refractivity contribution in [2.75, 3.05) is 25.3 Å². The fourth-order valence-electron chi connectivity index (χ4n) is 4.76. The zero-order chi connectivity index (χ0) is 33.7. The maximum Gasteiger partial charge on any atom is 0.412 e. The van der Waals surface area contributed by atoms with E-state index in [0.717, 1.165) is 16.5 Å². The fourth-order valence-corrected chi connectivity index (χ4v) is 4.76. The maximum absolute atomic E-state index is 12.1. The summed E-state index contributed by atoms with van der Waals surface area (Å²) >= 11 is 0. The van der Waals surface area contributed by atoms with Gasteiger partial charge in [-0.05, 0) is 81.4 Å². The number of aromatic amines is 2. The standard InChI is InChI=1S/C20H21N3O4.C15H13N3O2/c1-20(2,3)27-19(25)21-13-7-5-12(6-8-13)17-15-10-9-14(26-4)11-16(15)18(24)23-22-17;1-20-11-6-7-12-13(8-11)15(19)18-17-14(12)9-2-4-10(16)5-3-9/h5-11H,1-4H3,(H,21,25)(H,23,24);2-8H,16H2,1H3,(H,18,19). The highest BCUT2D eigenvalue weighted by Gasteiger charge is 2.16. The van der Waals surface area contributed by atoms with Crippen LogP contribution in [0.1, 0.15) is 20.8 Å². The number of hydrogen-bond donors (Lipinski definition) is 4. The Hall–Kier alpha value is -6.17. The van der Waals surface area contributed by atoms with Gasteiger partial charge in [0.1, 0.15) is 17.1 Å². The van der Waals surface area contributed by atoms with Gasteiger partial charge < -0.3 is 19.9 Å². The monoisotopic (exact) mass is 634 g/mol. The quantitative estimate of drug-likeness (QED) is 0.163. The summed E-state index contributed by atoms with van der Waals surface area (Å²) in [6.45, 7) is 5.41. The molecule has 0 radical (unpaired) electrons. The first kappa shape index (κ1) is 32.2. The second-order valence-corrected chi connectivity index (χ2v) is 11.5. The number of nitrogens with two attached hydrogens (primary N) is 1. The van der Waals surface area contributed by atoms with Gasteiger partial charge in [-0.1, -0.05) is 24.3 Å². The molecule has 6 rings (SSSR count). The average molecular weight is 635 g/mol. The summed E-state index contributed by atoms with van der Waals surface area (Å²) < 4.78 is 15.6. The van der Waals surface area contributed by atoms with Crippen molar-refractivity contribution in [3.8, 4) is 34.0 Å². The summed E-state index contributed by atoms with van der Waals surface area (Å²) in [5.41, 5.74) is 8.93. The van der Waals surface area contributed by atoms with Crippen molar-refractivity contribution in [2.24, 2.45) is 0 Å². The Balaban J connectivity index is 0.000000193. The van der Waals surface area contributed by atoms with Gasteiger partial charge >= 0.3 is 6.09 Å². The number of nitrogens with one attached hydrogen (secondary N) is 3. The number of aromatic nitrogens is 4. The van der Waals surface area contributed by atoms with Crippen molar-refractivity contribution in [3.05, 3.63) is 106 Å². The molecule has 2 heterocycles. The minimum Gasteiger partial charge on any atom is -0.497 e. The molecule has 0 unspecified atom stereocenters. The number of amides is 1. The van der Waals surface area contributed by atoms with Gasteiger partial charge in [-0.15, -0.1) is 0 Å². The Morgan fingerprint density at radius 3 is 1.55 bits per heavy atom. The van der Waals surface area contributed by atoms with Gasteiger partial charge in [-0.25, -0.2) is 15.0 Å². The molecule has 12 nitrogen and oxygen atoms in total. The third-order valence-electron chi connectivity index (χ3n) is 6.98. The van der Waals surface area contributed by atoms with Crippen LogP contribution >= 0.6 is 0 Å². The van der Waals surface area contributed by atoms with Crippen molar-refractivity contribution in [3.63, 3.8) is 0 Å². The predicted octanol–water partition coefficient (Wildman–Crippen LogP) is 6.13. The van der Waals surface area contributed by atoms with E-state index in [1.165, 1.54) is 0 Å². The van der Waals surface area contributed by atoms with Gasteiger partial charge in [0, 0.05) is 33.3 Å². The van der Waals surface area contributed by atoms with E-state index < -0.39 is 11.7 Å². The van der Waals surface area contributed by atoms with Crippen LogP contribution in [0.25, 0.3) is 44.1 Å². The molecule has 1 amide bonds. The van der Waals surface area contributed by atoms with Crippen LogP contribution in [0.5, 0.6) is 11.5 Å². The van der Waals surface area contributed by atoms with Crippen LogP contribution < -0.4 is 31.6 Å². The molecule has 0 aliphatic heterocycles. The van der Waals surface area contributed by atoms with Crippen molar-refractivity contribution in [1.82, 2.24) is 20.4 Å². The van der Waals surface area contributed by atoms with Crippen LogP contribution in [0.15, 0.2) is 94.5 Å². The predicted molar refractivity (Wildman–Crippen MR) is 183 cm³/mol. The molecule has 0 saturated carbocycles. The van der Waals surface area contributed by atoms with Gasteiger partial charge in [0.15, 0.2) is 0 Å². The molecular formula is C35H34N6O6. The van der Waals surface area contributed by atoms with E-state index in [4.69, 9.17) is 19.9 Å². The third kappa shape index (κ3) is 7.56. The van der Waals surface area contributed by atoms with Crippen LogP contribution in [0, 0.1) is 0 Å². The summed E-state index contributed by atoms with van der Waals surface area (Å²) in [4.78, 5) is 35.8. The summed E-state index contributed by atoms with van der Waals surface area (Å²) in [7, 11) is 3.12. The molecule has 0 bridgehead atoms. The molecule has 0 fully saturated rings. The number of nitrogens with zero attached hydrogens (tertiary/aromatic N) is 2. The summed E-state index contributed by atoms with van der Waals surface area (Å²) in [6, 6.07) is 25.1. The lowest BCUT2D eigenvalue weighted by atomic mass is 10.0. The van der Waals surface area contributed by atoms with E-state index >= 15 is 0 Å². The number of rotatable bonds is 5. The van der Waals surface area contributed by atoms with E-state index in [9.17, 15) is 14.4 Å². The molecule has 0 aliphatic rings. The zero-order valence-corrected chi connectivity index (χ0v) is 26.5. The molecule has 240 valence electrons. The van der Waals surface area contributed by atoms with Crippen molar-refractivity contribution >= 4 is 39.0 Å². The molecule has 6 aromatic rings. The average Bonchev–Trinajstić information content (AvgIpc) is 3.05. The minimum atomic E-state index is -0.566. The van der Waals surface area contributed by atoms with Crippen LogP contribution in [0.2, 0.25) is 0 Å². The Kier molecular flexibility index (Phi) is 9.22. The second-order valence-electron chi connectivity index (χ2n) is 11.5. The highest BCUT2D eigenvalue weighted by Crippen LogP contribution is 2.29. The number of hydrogen-bond acceptors (Lipinski definition) is 9. The lowest BCUT2D eigenvalue weighted by Crippen LogP contribution is -2.27. The topological polar surface area (TPSA) is 174 Å². The smallest absolute Gasteiger partial charge is 0.412 e. The first-order valence-electron chi connectivity index (χ1n) is 14.5. The molecule has 12 heteroatoms. The normalized spacial score (nSPS) is 11.0. The zero-order valence-electron chi connectivity index (χ0n) is 26.5. The van der Waals surface area contributed by atoms with Crippen molar-refractivity contribution < 1.29 is 19.0 Å². The van der Waals surface area contributed by atoms with E-state index in [1.807, 2.05) is 36.4 Å². The molecule has 0 saturated heterocycles. The molecule has 4 aromatic carbocycles. The first-order valence-corrected chi connectivity index (χ1v) is 14.5. The lowest BCUT2D eigenvalue weighted by Gasteiger charge is -2.19. The summed E-state index contributed by atoms with van der Waals surface area (Å²) in [6.07, 6.45) is -0.519. The molecule has 0 aliphatic carbocycles. The number of carbonyl (C=O) groups is 1. The first-order chi connectivity index (χ1) is 22.5. The molecule has 2 aromatic heterocycles. The molecule has 0 spiro atoms. The third-order valence-corrected chi connectivity index (χ3v) is 6.98. The van der Waals surface area contributed by atoms with Gasteiger partial charge in [-0.2, -0.15) is 10.2 Å². The molecular weight excluding hydrogens is 600 g/mol. The van der Waals surface area contributed by atoms with Gasteiger partial charge in [0.2, 0.25) is 0 Å². The van der Waals surface area contributed by atoms with Crippen LogP contribution in [0.4, 0.5) is 16.2 Å². The largest absolute Gasteiger partial charge is 0.497 e. The Labute approximate surface area is 269 Å². The maximum atomic E-state index is 12.1. The number of nitrogen functional groups attached to an aromatic ring is 1. The molecule has 5 N–H and O–H groups in total. The summed E-state index contributed by atoms with van der Waals surface area (Å²) in [5, 5.41) is 18.6. The van der Waals surface area contributed by atoms with Crippen LogP contribution in [-0.2, 0) is 4.74 Å². The highest BCUT2D eigenvalue weighted by molar-refractivity contribution is 5.96. The number of ether oxygens (including phenoxy) is 3. The number of benzene rings is 4. The summed E-state index contributed by atoms with van der Waals surface area (Å²) in [5.74, 6) is 1.24. The Morgan fingerprint density at radius 1 is 0.681 bits per heavy atom. The fraction of sp³-hybridized carbons (Fsp3) is 0.171. The van der Waals surface area contributed by atoms with Gasteiger partial charge in [0.25, 0.3) is 11.1 Å². The molecule has 47 heavy (non-hydrogen) atoms. The second kappa shape index (κ2) is 13.4. The van der Waals surface area contributed by atoms with E-state index in [-0.39, 0.29) is 11.1 Å². The minimum absolute atomic E-state index is 0.238. The van der Waals surface area contributed by atoms with Crippen molar-refractivity contribution in [1.29, 1.82) is 0 Å². The van der Waals surface area contributed by atoms with Crippen LogP contribution in [0.3, 0.4) is 0 Å². The van der Waals surface area contributed by atoms with Crippen LogP contribution in [-0.4, -0.2) is 46.3 Å². The number of methoxy groups -OCH3 is 2. The van der Waals surface area contributed by atoms with E-state index in [1.54, 1.807) is 83.5 Å². The Bertz CT molecular complexity index is 2170. The Morgan fingerprint density at radius 2 is 1.13 bits per heavy atom. The SMILES string of the molecule is COc1ccc2c(-c3ccc(N)cc3)n[nH]c(=O)c2c1.COc1ccc2c(-c3ccc(NC(=O)OC(C)(C)C)cc3)n[nH]c(=O)c2c1. The molecule has 0 atom stereocenters. The van der Waals surface area contributed by atoms with E-state index in [2.05, 4.69) is 25.7 Å². The lowest BCUT2D eigenvalue weighted by molar-refractivity contribution is 0.0636. The van der Waals surface area contributed by atoms with Gasteiger partial charge in [-0.3, -0.25) is 14.9 Å². The van der Waals surface area contributed by atoms with E-state index in [0.29, 0.717) is 50.4 Å².